The Morgan fingerprint density at radius 3 is 2.83 bits per heavy atom. The molecule has 0 unspecified atom stereocenters. The molecule has 1 saturated carbocycles. The van der Waals surface area contributed by atoms with Crippen LogP contribution in [0.2, 0.25) is 0 Å². The van der Waals surface area contributed by atoms with Gasteiger partial charge in [-0.2, -0.15) is 0 Å². The molecule has 1 fully saturated rings. The van der Waals surface area contributed by atoms with E-state index < -0.39 is 9.84 Å². The molecule has 6 heteroatoms. The average Bonchev–Trinajstić information content (AvgIpc) is 2.97. The molecule has 1 aromatic rings. The van der Waals surface area contributed by atoms with Crippen LogP contribution in [0.4, 0.5) is 0 Å². The van der Waals surface area contributed by atoms with Gasteiger partial charge >= 0.3 is 0 Å². The van der Waals surface area contributed by atoms with E-state index in [0.717, 1.165) is 11.4 Å². The minimum atomic E-state index is -2.96. The number of nitrogens with one attached hydrogen (secondary N) is 1. The van der Waals surface area contributed by atoms with Crippen LogP contribution >= 0.6 is 11.3 Å². The van der Waals surface area contributed by atoms with E-state index in [4.69, 9.17) is 0 Å². The summed E-state index contributed by atoms with van der Waals surface area (Å²) < 4.78 is 23.0. The zero-order valence-electron chi connectivity index (χ0n) is 10.7. The molecule has 0 radical (unpaired) electrons. The normalized spacial score (nSPS) is 17.4. The first-order valence-electron chi connectivity index (χ1n) is 6.46. The first-order chi connectivity index (χ1) is 8.59. The molecule has 1 aliphatic carbocycles. The van der Waals surface area contributed by atoms with Crippen molar-refractivity contribution in [1.82, 2.24) is 10.3 Å². The minimum absolute atomic E-state index is 0.0809. The van der Waals surface area contributed by atoms with E-state index in [1.54, 1.807) is 13.1 Å². The van der Waals surface area contributed by atoms with E-state index in [-0.39, 0.29) is 11.5 Å². The predicted molar refractivity (Wildman–Crippen MR) is 74.4 cm³/mol. The summed E-state index contributed by atoms with van der Waals surface area (Å²) in [5.74, 6) is 0.264. The number of nitrogens with zero attached hydrogens (tertiary/aromatic N) is 1. The second kappa shape index (κ2) is 6.12. The molecule has 1 heterocycles. The molecule has 18 heavy (non-hydrogen) atoms. The summed E-state index contributed by atoms with van der Waals surface area (Å²) >= 11 is 1.51. The molecule has 0 bridgehead atoms. The second-order valence-electron chi connectivity index (χ2n) is 4.76. The van der Waals surface area contributed by atoms with Gasteiger partial charge in [-0.05, 0) is 12.8 Å². The number of hydrogen-bond donors (Lipinski definition) is 1. The Morgan fingerprint density at radius 1 is 1.44 bits per heavy atom. The van der Waals surface area contributed by atoms with Crippen molar-refractivity contribution in [3.8, 4) is 0 Å². The van der Waals surface area contributed by atoms with Gasteiger partial charge in [0, 0.05) is 29.4 Å². The van der Waals surface area contributed by atoms with Crippen molar-refractivity contribution in [3.05, 3.63) is 16.1 Å². The Bertz CT molecular complexity index is 476. The zero-order valence-corrected chi connectivity index (χ0v) is 12.3. The maximum Gasteiger partial charge on any atom is 0.156 e. The van der Waals surface area contributed by atoms with E-state index in [2.05, 4.69) is 10.3 Å². The first kappa shape index (κ1) is 14.0. The Kier molecular flexibility index (Phi) is 4.75. The molecule has 0 saturated heterocycles. The lowest BCUT2D eigenvalue weighted by atomic mass is 10.2. The van der Waals surface area contributed by atoms with Crippen molar-refractivity contribution in [2.24, 2.45) is 0 Å². The average molecular weight is 288 g/mol. The van der Waals surface area contributed by atoms with Gasteiger partial charge in [0.25, 0.3) is 0 Å². The summed E-state index contributed by atoms with van der Waals surface area (Å²) in [5, 5.41) is 4.22. The van der Waals surface area contributed by atoms with Crippen LogP contribution in [-0.4, -0.2) is 25.2 Å². The van der Waals surface area contributed by atoms with Crippen molar-refractivity contribution in [2.75, 3.05) is 5.75 Å². The molecular weight excluding hydrogens is 268 g/mol. The molecule has 0 atom stereocenters. The van der Waals surface area contributed by atoms with Crippen LogP contribution in [-0.2, 0) is 22.1 Å². The van der Waals surface area contributed by atoms with Crippen LogP contribution in [0.3, 0.4) is 0 Å². The summed E-state index contributed by atoms with van der Waals surface area (Å²) in [7, 11) is -2.96. The SMILES string of the molecule is CCS(=O)(=O)Cc1ncc(CNC2CCCC2)s1. The fraction of sp³-hybridized carbons (Fsp3) is 0.750. The number of rotatable bonds is 6. The Morgan fingerprint density at radius 2 is 2.17 bits per heavy atom. The number of sulfone groups is 1. The van der Waals surface area contributed by atoms with Gasteiger partial charge in [-0.15, -0.1) is 11.3 Å². The second-order valence-corrected chi connectivity index (χ2v) is 8.31. The Labute approximate surface area is 113 Å². The fourth-order valence-corrected chi connectivity index (χ4v) is 4.26. The van der Waals surface area contributed by atoms with Gasteiger partial charge in [0.2, 0.25) is 0 Å². The summed E-state index contributed by atoms with van der Waals surface area (Å²) in [6.07, 6.45) is 6.96. The smallest absolute Gasteiger partial charge is 0.156 e. The van der Waals surface area contributed by atoms with Gasteiger partial charge in [0.15, 0.2) is 9.84 Å². The highest BCUT2D eigenvalue weighted by Gasteiger charge is 2.15. The van der Waals surface area contributed by atoms with Crippen molar-refractivity contribution in [2.45, 2.75) is 50.9 Å². The predicted octanol–water partition coefficient (Wildman–Crippen LogP) is 2.11. The van der Waals surface area contributed by atoms with Crippen LogP contribution in [0.5, 0.6) is 0 Å². The third kappa shape index (κ3) is 4.03. The molecule has 2 rings (SSSR count). The standard InChI is InChI=1S/C12H20N2O2S2/c1-2-18(15,16)9-12-14-8-11(17-12)7-13-10-5-3-4-6-10/h8,10,13H,2-7,9H2,1H3. The summed E-state index contributed by atoms with van der Waals surface area (Å²) in [6.45, 7) is 2.49. The molecule has 0 amide bonds. The minimum Gasteiger partial charge on any atom is -0.309 e. The molecule has 0 aliphatic heterocycles. The van der Waals surface area contributed by atoms with Crippen LogP contribution in [0.1, 0.15) is 42.5 Å². The largest absolute Gasteiger partial charge is 0.309 e. The van der Waals surface area contributed by atoms with Gasteiger partial charge < -0.3 is 5.32 Å². The molecule has 1 aromatic heterocycles. The van der Waals surface area contributed by atoms with Crippen LogP contribution in [0.15, 0.2) is 6.20 Å². The van der Waals surface area contributed by atoms with Crippen molar-refractivity contribution in [1.29, 1.82) is 0 Å². The first-order valence-corrected chi connectivity index (χ1v) is 9.10. The van der Waals surface area contributed by atoms with Crippen molar-refractivity contribution in [3.63, 3.8) is 0 Å². The van der Waals surface area contributed by atoms with Gasteiger partial charge in [0.05, 0.1) is 0 Å². The third-order valence-electron chi connectivity index (χ3n) is 3.30. The monoisotopic (exact) mass is 288 g/mol. The third-order valence-corrected chi connectivity index (χ3v) is 6.08. The topological polar surface area (TPSA) is 59.1 Å². The van der Waals surface area contributed by atoms with Gasteiger partial charge in [-0.1, -0.05) is 19.8 Å². The maximum absolute atomic E-state index is 11.5. The lowest BCUT2D eigenvalue weighted by Crippen LogP contribution is -2.24. The Hall–Kier alpha value is -0.460. The maximum atomic E-state index is 11.5. The van der Waals surface area contributed by atoms with E-state index in [9.17, 15) is 8.42 Å². The van der Waals surface area contributed by atoms with E-state index >= 15 is 0 Å². The van der Waals surface area contributed by atoms with Crippen LogP contribution < -0.4 is 5.32 Å². The zero-order chi connectivity index (χ0) is 13.0. The number of thiazole rings is 1. The number of hydrogen-bond acceptors (Lipinski definition) is 5. The highest BCUT2D eigenvalue weighted by molar-refractivity contribution is 7.90. The highest BCUT2D eigenvalue weighted by Crippen LogP contribution is 2.20. The van der Waals surface area contributed by atoms with E-state index in [0.29, 0.717) is 11.0 Å². The van der Waals surface area contributed by atoms with Crippen LogP contribution in [0, 0.1) is 0 Å². The van der Waals surface area contributed by atoms with E-state index in [1.807, 2.05) is 0 Å². The molecule has 1 aliphatic rings. The Balaban J connectivity index is 1.85. The summed E-state index contributed by atoms with van der Waals surface area (Å²) in [5.41, 5.74) is 0. The lowest BCUT2D eigenvalue weighted by Gasteiger charge is -2.09. The number of aromatic nitrogens is 1. The van der Waals surface area contributed by atoms with Crippen molar-refractivity contribution >= 4 is 21.2 Å². The molecule has 102 valence electrons. The van der Waals surface area contributed by atoms with Crippen LogP contribution in [0.25, 0.3) is 0 Å². The lowest BCUT2D eigenvalue weighted by molar-refractivity contribution is 0.527. The molecule has 0 spiro atoms. The molecule has 4 nitrogen and oxygen atoms in total. The van der Waals surface area contributed by atoms with E-state index in [1.165, 1.54) is 37.0 Å². The molecule has 0 aromatic carbocycles. The van der Waals surface area contributed by atoms with Gasteiger partial charge in [0.1, 0.15) is 10.8 Å². The van der Waals surface area contributed by atoms with Crippen molar-refractivity contribution < 1.29 is 8.42 Å². The fourth-order valence-electron chi connectivity index (χ4n) is 2.16. The van der Waals surface area contributed by atoms with Gasteiger partial charge in [-0.3, -0.25) is 0 Å². The molecule has 1 N–H and O–H groups in total. The summed E-state index contributed by atoms with van der Waals surface area (Å²) in [6, 6.07) is 0.634. The highest BCUT2D eigenvalue weighted by atomic mass is 32.2. The summed E-state index contributed by atoms with van der Waals surface area (Å²) in [4.78, 5) is 5.32. The quantitative estimate of drug-likeness (QED) is 0.871. The van der Waals surface area contributed by atoms with Gasteiger partial charge in [-0.25, -0.2) is 13.4 Å². The molecular formula is C12H20N2O2S2.